The van der Waals surface area contributed by atoms with Crippen LogP contribution in [0.25, 0.3) is 12.2 Å². The lowest BCUT2D eigenvalue weighted by Gasteiger charge is -2.30. The molecule has 2 rings (SSSR count). The van der Waals surface area contributed by atoms with E-state index >= 15 is 0 Å². The van der Waals surface area contributed by atoms with E-state index in [9.17, 15) is 0 Å². The minimum atomic E-state index is 0.931. The number of benzene rings is 2. The summed E-state index contributed by atoms with van der Waals surface area (Å²) in [6.45, 7) is 9.62. The molecule has 0 aliphatic carbocycles. The van der Waals surface area contributed by atoms with Crippen LogP contribution in [-0.2, 0) is 13.1 Å². The van der Waals surface area contributed by atoms with Gasteiger partial charge in [-0.05, 0) is 11.1 Å². The first-order valence-corrected chi connectivity index (χ1v) is 7.27. The predicted octanol–water partition coefficient (Wildman–Crippen LogP) is 4.75. The average Bonchev–Trinajstić information content (AvgIpc) is 2.48. The number of quaternary nitrogens is 1. The van der Waals surface area contributed by atoms with Gasteiger partial charge in [0.2, 0.25) is 0 Å². The van der Waals surface area contributed by atoms with Crippen LogP contribution in [0.1, 0.15) is 22.3 Å². The van der Waals surface area contributed by atoms with Crippen molar-refractivity contribution in [3.8, 4) is 0 Å². The van der Waals surface area contributed by atoms with Crippen LogP contribution in [-0.4, -0.2) is 18.6 Å². The Morgan fingerprint density at radius 1 is 0.714 bits per heavy atom. The minimum absolute atomic E-state index is 0.931. The fourth-order valence-corrected chi connectivity index (χ4v) is 2.56. The molecule has 0 bridgehead atoms. The second-order valence-electron chi connectivity index (χ2n) is 6.14. The largest absolute Gasteiger partial charge is 0.321 e. The molecule has 0 unspecified atom stereocenters. The number of nitrogens with zero attached hydrogens (tertiary/aromatic N) is 1. The van der Waals surface area contributed by atoms with Gasteiger partial charge in [-0.2, -0.15) is 0 Å². The van der Waals surface area contributed by atoms with Gasteiger partial charge in [-0.25, -0.2) is 0 Å². The summed E-state index contributed by atoms with van der Waals surface area (Å²) in [7, 11) is 4.53. The predicted molar refractivity (Wildman–Crippen MR) is 92.6 cm³/mol. The maximum Gasteiger partial charge on any atom is 0.104 e. The van der Waals surface area contributed by atoms with Crippen molar-refractivity contribution in [3.63, 3.8) is 0 Å². The molecule has 0 aromatic heterocycles. The van der Waals surface area contributed by atoms with Crippen LogP contribution < -0.4 is 0 Å². The SMILES string of the molecule is C=Cc1ccc(C[N+](C)(C)Cc2ccc(C=C)cc2)cc1. The van der Waals surface area contributed by atoms with E-state index in [0.717, 1.165) is 17.6 Å². The summed E-state index contributed by atoms with van der Waals surface area (Å²) >= 11 is 0. The molecular formula is C20H24N+. The Morgan fingerprint density at radius 3 is 1.33 bits per heavy atom. The first kappa shape index (κ1) is 15.3. The van der Waals surface area contributed by atoms with Crippen LogP contribution in [0.5, 0.6) is 0 Å². The lowest BCUT2D eigenvalue weighted by atomic mass is 10.1. The molecule has 0 N–H and O–H groups in total. The highest BCUT2D eigenvalue weighted by atomic mass is 15.3. The molecule has 2 aromatic carbocycles. The van der Waals surface area contributed by atoms with E-state index in [-0.39, 0.29) is 0 Å². The monoisotopic (exact) mass is 278 g/mol. The molecule has 0 fully saturated rings. The molecule has 2 aromatic rings. The maximum absolute atomic E-state index is 3.79. The number of hydrogen-bond acceptors (Lipinski definition) is 0. The second kappa shape index (κ2) is 6.55. The van der Waals surface area contributed by atoms with Crippen molar-refractivity contribution in [2.75, 3.05) is 14.1 Å². The van der Waals surface area contributed by atoms with Crippen molar-refractivity contribution in [1.82, 2.24) is 0 Å². The highest BCUT2D eigenvalue weighted by molar-refractivity contribution is 5.47. The zero-order valence-electron chi connectivity index (χ0n) is 13.0. The fourth-order valence-electron chi connectivity index (χ4n) is 2.56. The van der Waals surface area contributed by atoms with Crippen molar-refractivity contribution in [2.45, 2.75) is 13.1 Å². The molecule has 1 nitrogen and oxygen atoms in total. The van der Waals surface area contributed by atoms with Crippen molar-refractivity contribution in [2.24, 2.45) is 0 Å². The van der Waals surface area contributed by atoms with Gasteiger partial charge in [-0.15, -0.1) is 0 Å². The van der Waals surface area contributed by atoms with Gasteiger partial charge in [-0.3, -0.25) is 0 Å². The topological polar surface area (TPSA) is 0 Å². The molecule has 0 amide bonds. The third-order valence-electron chi connectivity index (χ3n) is 3.65. The Kier molecular flexibility index (Phi) is 4.77. The molecule has 0 heterocycles. The minimum Gasteiger partial charge on any atom is -0.321 e. The normalized spacial score (nSPS) is 11.1. The second-order valence-corrected chi connectivity index (χ2v) is 6.14. The summed E-state index contributed by atoms with van der Waals surface area (Å²) < 4.78 is 0.931. The van der Waals surface area contributed by atoms with E-state index in [1.54, 1.807) is 0 Å². The van der Waals surface area contributed by atoms with Crippen LogP contribution in [0.15, 0.2) is 61.7 Å². The molecule has 0 spiro atoms. The van der Waals surface area contributed by atoms with Gasteiger partial charge in [-0.1, -0.05) is 73.8 Å². The summed E-state index contributed by atoms with van der Waals surface area (Å²) in [6, 6.07) is 17.3. The van der Waals surface area contributed by atoms with Gasteiger partial charge >= 0.3 is 0 Å². The number of rotatable bonds is 6. The summed E-state index contributed by atoms with van der Waals surface area (Å²) in [5.41, 5.74) is 5.05. The Morgan fingerprint density at radius 2 is 1.05 bits per heavy atom. The van der Waals surface area contributed by atoms with E-state index in [1.165, 1.54) is 22.3 Å². The van der Waals surface area contributed by atoms with Crippen LogP contribution in [0.2, 0.25) is 0 Å². The number of hydrogen-bond donors (Lipinski definition) is 0. The zero-order chi connectivity index (χ0) is 15.3. The van der Waals surface area contributed by atoms with Crippen LogP contribution in [0.4, 0.5) is 0 Å². The first-order chi connectivity index (χ1) is 10.0. The molecule has 0 aliphatic rings. The van der Waals surface area contributed by atoms with Crippen molar-refractivity contribution >= 4 is 12.2 Å². The van der Waals surface area contributed by atoms with Crippen LogP contribution in [0.3, 0.4) is 0 Å². The quantitative estimate of drug-likeness (QED) is 0.669. The highest BCUT2D eigenvalue weighted by Gasteiger charge is 2.16. The van der Waals surface area contributed by atoms with Gasteiger partial charge in [0, 0.05) is 11.1 Å². The summed E-state index contributed by atoms with van der Waals surface area (Å²) in [5.74, 6) is 0. The molecule has 1 heteroatoms. The van der Waals surface area contributed by atoms with E-state index in [0.29, 0.717) is 0 Å². The third kappa shape index (κ3) is 4.44. The highest BCUT2D eigenvalue weighted by Crippen LogP contribution is 2.16. The van der Waals surface area contributed by atoms with Gasteiger partial charge in [0.05, 0.1) is 14.1 Å². The van der Waals surface area contributed by atoms with E-state index in [1.807, 2.05) is 12.2 Å². The van der Waals surface area contributed by atoms with E-state index in [4.69, 9.17) is 0 Å². The van der Waals surface area contributed by atoms with E-state index < -0.39 is 0 Å². The van der Waals surface area contributed by atoms with Gasteiger partial charge in [0.1, 0.15) is 13.1 Å². The Hall–Kier alpha value is -2.12. The Labute approximate surface area is 128 Å². The lowest BCUT2D eigenvalue weighted by molar-refractivity contribution is -0.916. The van der Waals surface area contributed by atoms with Gasteiger partial charge < -0.3 is 4.48 Å². The standard InChI is InChI=1S/C20H24N/c1-5-17-7-11-19(12-8-17)15-21(3,4)16-20-13-9-18(6-2)10-14-20/h5-14H,1-2,15-16H2,3-4H3/q+1. The Bertz CT molecular complexity index is 548. The molecular weight excluding hydrogens is 254 g/mol. The van der Waals surface area contributed by atoms with Gasteiger partial charge in [0.25, 0.3) is 0 Å². The van der Waals surface area contributed by atoms with Crippen molar-refractivity contribution in [1.29, 1.82) is 0 Å². The van der Waals surface area contributed by atoms with Crippen LogP contribution in [0, 0.1) is 0 Å². The van der Waals surface area contributed by atoms with Crippen molar-refractivity contribution < 1.29 is 4.48 Å². The van der Waals surface area contributed by atoms with E-state index in [2.05, 4.69) is 75.8 Å². The summed E-state index contributed by atoms with van der Waals surface area (Å²) in [6.07, 6.45) is 3.76. The molecule has 108 valence electrons. The molecule has 0 saturated carbocycles. The molecule has 0 aliphatic heterocycles. The molecule has 0 atom stereocenters. The molecule has 0 saturated heterocycles. The smallest absolute Gasteiger partial charge is 0.104 e. The first-order valence-electron chi connectivity index (χ1n) is 7.27. The Balaban J connectivity index is 2.05. The summed E-state index contributed by atoms with van der Waals surface area (Å²) in [5, 5.41) is 0. The average molecular weight is 278 g/mol. The zero-order valence-corrected chi connectivity index (χ0v) is 13.0. The summed E-state index contributed by atoms with van der Waals surface area (Å²) in [4.78, 5) is 0. The molecule has 21 heavy (non-hydrogen) atoms. The maximum atomic E-state index is 3.79. The fraction of sp³-hybridized carbons (Fsp3) is 0.200. The van der Waals surface area contributed by atoms with Crippen molar-refractivity contribution in [3.05, 3.63) is 83.9 Å². The van der Waals surface area contributed by atoms with Gasteiger partial charge in [0.15, 0.2) is 0 Å². The van der Waals surface area contributed by atoms with Crippen LogP contribution >= 0.6 is 0 Å². The third-order valence-corrected chi connectivity index (χ3v) is 3.65. The molecule has 0 radical (unpaired) electrons. The lowest BCUT2D eigenvalue weighted by Crippen LogP contribution is -2.37.